The Morgan fingerprint density at radius 2 is 1.83 bits per heavy atom. The zero-order valence-electron chi connectivity index (χ0n) is 13.0. The lowest BCUT2D eigenvalue weighted by molar-refractivity contribution is -0.181. The highest BCUT2D eigenvalue weighted by molar-refractivity contribution is 9.10. The number of hydrogen-bond donors (Lipinski definition) is 0. The van der Waals surface area contributed by atoms with Crippen LogP contribution in [0.1, 0.15) is 23.3 Å². The van der Waals surface area contributed by atoms with Gasteiger partial charge in [-0.1, -0.05) is 18.2 Å². The fourth-order valence-electron chi connectivity index (χ4n) is 3.57. The highest BCUT2D eigenvalue weighted by Gasteiger charge is 2.41. The summed E-state index contributed by atoms with van der Waals surface area (Å²) < 4.78 is 14.3. The quantitative estimate of drug-likeness (QED) is 0.766. The second kappa shape index (κ2) is 5.61. The van der Waals surface area contributed by atoms with Crippen molar-refractivity contribution >= 4 is 32.7 Å². The standard InChI is InChI=1S/C17H19BrN2O3/c1-19-13-5-3-2-4-12(13)14(18)15(19)16(21)20-8-6-17(7-9-20)22-10-11-23-17/h2-5H,6-11H2,1H3. The number of carbonyl (C=O) groups excluding carboxylic acids is 1. The second-order valence-corrected chi connectivity index (χ2v) is 6.93. The Morgan fingerprint density at radius 3 is 2.48 bits per heavy atom. The van der Waals surface area contributed by atoms with Crippen molar-refractivity contribution in [3.63, 3.8) is 0 Å². The SMILES string of the molecule is Cn1c(C(=O)N2CCC3(CC2)OCCO3)c(Br)c2ccccc21. The predicted octanol–water partition coefficient (Wildman–Crippen LogP) is 2.92. The number of carbonyl (C=O) groups is 1. The van der Waals surface area contributed by atoms with Crippen LogP contribution >= 0.6 is 15.9 Å². The lowest BCUT2D eigenvalue weighted by atomic mass is 10.0. The van der Waals surface area contributed by atoms with E-state index in [1.165, 1.54) is 0 Å². The zero-order valence-corrected chi connectivity index (χ0v) is 14.6. The molecule has 2 saturated heterocycles. The number of hydrogen-bond acceptors (Lipinski definition) is 3. The molecule has 6 heteroatoms. The first-order chi connectivity index (χ1) is 11.1. The van der Waals surface area contributed by atoms with Crippen LogP contribution in [-0.4, -0.2) is 47.5 Å². The summed E-state index contributed by atoms with van der Waals surface area (Å²) in [6, 6.07) is 8.03. The number of benzene rings is 1. The number of fused-ring (bicyclic) bond motifs is 1. The van der Waals surface area contributed by atoms with Gasteiger partial charge in [0.15, 0.2) is 5.79 Å². The molecule has 0 atom stereocenters. The Morgan fingerprint density at radius 1 is 1.17 bits per heavy atom. The third-order valence-electron chi connectivity index (χ3n) is 4.87. The molecule has 1 amide bonds. The second-order valence-electron chi connectivity index (χ2n) is 6.14. The van der Waals surface area contributed by atoms with E-state index in [1.54, 1.807) is 0 Å². The Hall–Kier alpha value is -1.37. The number of aromatic nitrogens is 1. The van der Waals surface area contributed by atoms with E-state index in [-0.39, 0.29) is 5.91 Å². The maximum atomic E-state index is 13.0. The number of piperidine rings is 1. The minimum Gasteiger partial charge on any atom is -0.347 e. The molecule has 122 valence electrons. The number of aryl methyl sites for hydroxylation is 1. The number of ether oxygens (including phenoxy) is 2. The van der Waals surface area contributed by atoms with Gasteiger partial charge in [-0.15, -0.1) is 0 Å². The highest BCUT2D eigenvalue weighted by atomic mass is 79.9. The van der Waals surface area contributed by atoms with Crippen molar-refractivity contribution in [2.75, 3.05) is 26.3 Å². The molecule has 1 aromatic heterocycles. The van der Waals surface area contributed by atoms with Gasteiger partial charge in [0.1, 0.15) is 5.69 Å². The summed E-state index contributed by atoms with van der Waals surface area (Å²) in [5.41, 5.74) is 1.76. The minimum atomic E-state index is -0.451. The molecule has 0 unspecified atom stereocenters. The van der Waals surface area contributed by atoms with Crippen LogP contribution in [0.5, 0.6) is 0 Å². The van der Waals surface area contributed by atoms with Crippen molar-refractivity contribution in [3.05, 3.63) is 34.4 Å². The third kappa shape index (κ3) is 2.40. The number of rotatable bonds is 1. The number of para-hydroxylation sites is 1. The fraction of sp³-hybridized carbons (Fsp3) is 0.471. The molecule has 2 aromatic rings. The van der Waals surface area contributed by atoms with E-state index in [9.17, 15) is 4.79 Å². The van der Waals surface area contributed by atoms with E-state index < -0.39 is 5.79 Å². The summed E-state index contributed by atoms with van der Waals surface area (Å²) >= 11 is 3.61. The Balaban J connectivity index is 1.60. The van der Waals surface area contributed by atoms with Gasteiger partial charge in [-0.2, -0.15) is 0 Å². The molecular formula is C17H19BrN2O3. The number of halogens is 1. The first-order valence-electron chi connectivity index (χ1n) is 7.91. The van der Waals surface area contributed by atoms with Crippen LogP contribution < -0.4 is 0 Å². The smallest absolute Gasteiger partial charge is 0.271 e. The van der Waals surface area contributed by atoms with Gasteiger partial charge in [-0.25, -0.2) is 0 Å². The Kier molecular flexibility index (Phi) is 3.70. The van der Waals surface area contributed by atoms with E-state index in [0.29, 0.717) is 32.0 Å². The lowest BCUT2D eigenvalue weighted by Gasteiger charge is -2.37. The van der Waals surface area contributed by atoms with Gasteiger partial charge >= 0.3 is 0 Å². The van der Waals surface area contributed by atoms with E-state index in [0.717, 1.165) is 28.2 Å². The molecule has 2 aliphatic rings. The summed E-state index contributed by atoms with van der Waals surface area (Å²) in [6.07, 6.45) is 1.47. The highest BCUT2D eigenvalue weighted by Crippen LogP contribution is 2.34. The van der Waals surface area contributed by atoms with Gasteiger partial charge in [-0.3, -0.25) is 4.79 Å². The molecular weight excluding hydrogens is 360 g/mol. The van der Waals surface area contributed by atoms with E-state index in [2.05, 4.69) is 15.9 Å². The van der Waals surface area contributed by atoms with Crippen molar-refractivity contribution in [1.82, 2.24) is 9.47 Å². The van der Waals surface area contributed by atoms with Crippen LogP contribution in [0.15, 0.2) is 28.7 Å². The molecule has 4 rings (SSSR count). The molecule has 0 aliphatic carbocycles. The fourth-order valence-corrected chi connectivity index (χ4v) is 4.34. The van der Waals surface area contributed by atoms with Crippen LogP contribution in [0.2, 0.25) is 0 Å². The summed E-state index contributed by atoms with van der Waals surface area (Å²) in [5.74, 6) is -0.393. The first kappa shape index (κ1) is 15.2. The van der Waals surface area contributed by atoms with Crippen LogP contribution in [0, 0.1) is 0 Å². The molecule has 5 nitrogen and oxygen atoms in total. The molecule has 0 N–H and O–H groups in total. The van der Waals surface area contributed by atoms with Crippen molar-refractivity contribution in [2.45, 2.75) is 18.6 Å². The minimum absolute atomic E-state index is 0.0587. The molecule has 0 radical (unpaired) electrons. The van der Waals surface area contributed by atoms with Crippen molar-refractivity contribution in [3.8, 4) is 0 Å². The van der Waals surface area contributed by atoms with Crippen LogP contribution in [0.4, 0.5) is 0 Å². The van der Waals surface area contributed by atoms with Crippen LogP contribution in [-0.2, 0) is 16.5 Å². The van der Waals surface area contributed by atoms with Gasteiger partial charge in [-0.05, 0) is 22.0 Å². The molecule has 2 aliphatic heterocycles. The zero-order chi connectivity index (χ0) is 16.0. The molecule has 23 heavy (non-hydrogen) atoms. The van der Waals surface area contributed by atoms with Gasteiger partial charge in [0.2, 0.25) is 0 Å². The van der Waals surface area contributed by atoms with Gasteiger partial charge in [0.25, 0.3) is 5.91 Å². The average Bonchev–Trinajstić information content (AvgIpc) is 3.12. The molecule has 2 fully saturated rings. The van der Waals surface area contributed by atoms with Crippen LogP contribution in [0.3, 0.4) is 0 Å². The summed E-state index contributed by atoms with van der Waals surface area (Å²) in [4.78, 5) is 14.9. The molecule has 3 heterocycles. The van der Waals surface area contributed by atoms with Crippen molar-refractivity contribution in [1.29, 1.82) is 0 Å². The van der Waals surface area contributed by atoms with Gasteiger partial charge < -0.3 is 18.9 Å². The number of nitrogens with zero attached hydrogens (tertiary/aromatic N) is 2. The lowest BCUT2D eigenvalue weighted by Crippen LogP contribution is -2.47. The number of amides is 1. The average molecular weight is 379 g/mol. The Labute approximate surface area is 143 Å². The maximum Gasteiger partial charge on any atom is 0.271 e. The van der Waals surface area contributed by atoms with Gasteiger partial charge in [0.05, 0.1) is 17.7 Å². The molecule has 0 saturated carbocycles. The molecule has 1 aromatic carbocycles. The van der Waals surface area contributed by atoms with E-state index in [4.69, 9.17) is 9.47 Å². The molecule has 0 bridgehead atoms. The summed E-state index contributed by atoms with van der Waals surface area (Å²) in [5, 5.41) is 1.06. The summed E-state index contributed by atoms with van der Waals surface area (Å²) in [7, 11) is 1.94. The maximum absolute atomic E-state index is 13.0. The normalized spacial score (nSPS) is 20.5. The largest absolute Gasteiger partial charge is 0.347 e. The van der Waals surface area contributed by atoms with Crippen LogP contribution in [0.25, 0.3) is 10.9 Å². The number of likely N-dealkylation sites (tertiary alicyclic amines) is 1. The van der Waals surface area contributed by atoms with Crippen molar-refractivity contribution in [2.24, 2.45) is 7.05 Å². The predicted molar refractivity (Wildman–Crippen MR) is 90.4 cm³/mol. The van der Waals surface area contributed by atoms with E-state index >= 15 is 0 Å². The summed E-state index contributed by atoms with van der Waals surface area (Å²) in [6.45, 7) is 2.63. The topological polar surface area (TPSA) is 43.7 Å². The van der Waals surface area contributed by atoms with E-state index in [1.807, 2.05) is 40.8 Å². The van der Waals surface area contributed by atoms with Crippen molar-refractivity contribution < 1.29 is 14.3 Å². The monoisotopic (exact) mass is 378 g/mol. The third-order valence-corrected chi connectivity index (χ3v) is 5.68. The molecule has 1 spiro atoms. The Bertz CT molecular complexity index is 716. The van der Waals surface area contributed by atoms with Gasteiger partial charge in [0, 0.05) is 43.9 Å². The first-order valence-corrected chi connectivity index (χ1v) is 8.71.